The SMILES string of the molecule is CC.CC.COCCCCOC(c1ccccc1)C1CCNC1. The van der Waals surface area contributed by atoms with Gasteiger partial charge in [0.1, 0.15) is 0 Å². The van der Waals surface area contributed by atoms with E-state index in [9.17, 15) is 0 Å². The second-order valence-corrected chi connectivity index (χ2v) is 5.15. The highest BCUT2D eigenvalue weighted by molar-refractivity contribution is 5.18. The lowest BCUT2D eigenvalue weighted by Crippen LogP contribution is -2.19. The lowest BCUT2D eigenvalue weighted by molar-refractivity contribution is 0.0120. The van der Waals surface area contributed by atoms with Crippen LogP contribution in [0.4, 0.5) is 0 Å². The van der Waals surface area contributed by atoms with Crippen molar-refractivity contribution in [3.8, 4) is 0 Å². The number of ether oxygens (including phenoxy) is 2. The molecule has 1 heterocycles. The maximum Gasteiger partial charge on any atom is 0.0865 e. The number of benzene rings is 1. The van der Waals surface area contributed by atoms with Crippen molar-refractivity contribution in [2.75, 3.05) is 33.4 Å². The van der Waals surface area contributed by atoms with Crippen molar-refractivity contribution < 1.29 is 9.47 Å². The van der Waals surface area contributed by atoms with Crippen molar-refractivity contribution in [2.45, 2.75) is 53.1 Å². The first-order valence-corrected chi connectivity index (χ1v) is 9.28. The fourth-order valence-corrected chi connectivity index (χ4v) is 2.64. The maximum atomic E-state index is 6.16. The molecule has 1 saturated heterocycles. The van der Waals surface area contributed by atoms with Crippen molar-refractivity contribution in [1.82, 2.24) is 5.32 Å². The molecule has 1 aromatic carbocycles. The number of hydrogen-bond acceptors (Lipinski definition) is 3. The number of unbranched alkanes of at least 4 members (excludes halogenated alkanes) is 1. The van der Waals surface area contributed by atoms with Crippen LogP contribution in [0.15, 0.2) is 30.3 Å². The lowest BCUT2D eigenvalue weighted by Gasteiger charge is -2.24. The van der Waals surface area contributed by atoms with E-state index in [1.54, 1.807) is 7.11 Å². The molecule has 2 unspecified atom stereocenters. The number of hydrogen-bond donors (Lipinski definition) is 1. The zero-order chi connectivity index (χ0) is 17.3. The van der Waals surface area contributed by atoms with Crippen LogP contribution in [0.5, 0.6) is 0 Å². The summed E-state index contributed by atoms with van der Waals surface area (Å²) in [5, 5.41) is 3.43. The summed E-state index contributed by atoms with van der Waals surface area (Å²) in [5.74, 6) is 0.602. The minimum atomic E-state index is 0.235. The van der Waals surface area contributed by atoms with Crippen LogP contribution < -0.4 is 5.32 Å². The summed E-state index contributed by atoms with van der Waals surface area (Å²) in [6.07, 6.45) is 3.58. The van der Waals surface area contributed by atoms with Crippen LogP contribution >= 0.6 is 0 Å². The fourth-order valence-electron chi connectivity index (χ4n) is 2.64. The number of nitrogens with one attached hydrogen (secondary N) is 1. The molecule has 1 aromatic rings. The molecule has 0 aliphatic carbocycles. The van der Waals surface area contributed by atoms with Gasteiger partial charge in [-0.2, -0.15) is 0 Å². The normalized spacial score (nSPS) is 17.5. The molecule has 1 aliphatic rings. The smallest absolute Gasteiger partial charge is 0.0865 e. The zero-order valence-corrected chi connectivity index (χ0v) is 15.8. The fraction of sp³-hybridized carbons (Fsp3) is 0.700. The van der Waals surface area contributed by atoms with Gasteiger partial charge in [-0.05, 0) is 31.4 Å². The van der Waals surface area contributed by atoms with E-state index in [1.807, 2.05) is 27.7 Å². The van der Waals surface area contributed by atoms with Gasteiger partial charge in [-0.3, -0.25) is 0 Å². The van der Waals surface area contributed by atoms with Gasteiger partial charge in [-0.25, -0.2) is 0 Å². The van der Waals surface area contributed by atoms with Gasteiger partial charge >= 0.3 is 0 Å². The molecule has 0 spiro atoms. The molecule has 134 valence electrons. The van der Waals surface area contributed by atoms with E-state index in [4.69, 9.17) is 9.47 Å². The minimum absolute atomic E-state index is 0.235. The van der Waals surface area contributed by atoms with Gasteiger partial charge in [-0.1, -0.05) is 58.0 Å². The van der Waals surface area contributed by atoms with Crippen LogP contribution in [0, 0.1) is 5.92 Å². The van der Waals surface area contributed by atoms with Crippen molar-refractivity contribution >= 4 is 0 Å². The monoisotopic (exact) mass is 323 g/mol. The van der Waals surface area contributed by atoms with Gasteiger partial charge in [-0.15, -0.1) is 0 Å². The molecule has 0 radical (unpaired) electrons. The molecule has 3 heteroatoms. The minimum Gasteiger partial charge on any atom is -0.385 e. The summed E-state index contributed by atoms with van der Waals surface area (Å²) in [4.78, 5) is 0. The molecule has 1 aliphatic heterocycles. The summed E-state index contributed by atoms with van der Waals surface area (Å²) >= 11 is 0. The maximum absolute atomic E-state index is 6.16. The van der Waals surface area contributed by atoms with E-state index in [2.05, 4.69) is 35.6 Å². The highest BCUT2D eigenvalue weighted by Crippen LogP contribution is 2.30. The molecule has 0 saturated carbocycles. The summed E-state index contributed by atoms with van der Waals surface area (Å²) in [5.41, 5.74) is 1.31. The Hall–Kier alpha value is -0.900. The Balaban J connectivity index is 0.00000112. The van der Waals surface area contributed by atoms with Crippen molar-refractivity contribution in [3.05, 3.63) is 35.9 Å². The van der Waals surface area contributed by atoms with E-state index in [-0.39, 0.29) is 6.10 Å². The van der Waals surface area contributed by atoms with Crippen LogP contribution in [-0.2, 0) is 9.47 Å². The van der Waals surface area contributed by atoms with Crippen LogP contribution in [0.25, 0.3) is 0 Å². The summed E-state index contributed by atoms with van der Waals surface area (Å²) in [6, 6.07) is 10.6. The Labute approximate surface area is 143 Å². The first kappa shape index (κ1) is 22.1. The van der Waals surface area contributed by atoms with Gasteiger partial charge in [0.2, 0.25) is 0 Å². The summed E-state index contributed by atoms with van der Waals surface area (Å²) in [7, 11) is 1.75. The Morgan fingerprint density at radius 2 is 1.70 bits per heavy atom. The van der Waals surface area contributed by atoms with Crippen molar-refractivity contribution in [1.29, 1.82) is 0 Å². The summed E-state index contributed by atoms with van der Waals surface area (Å²) in [6.45, 7) is 11.8. The third-order valence-electron chi connectivity index (χ3n) is 3.69. The lowest BCUT2D eigenvalue weighted by atomic mass is 9.95. The Morgan fingerprint density at radius 3 is 2.26 bits per heavy atom. The Kier molecular flexibility index (Phi) is 15.4. The molecule has 0 amide bonds. The van der Waals surface area contributed by atoms with Crippen LogP contribution in [0.3, 0.4) is 0 Å². The van der Waals surface area contributed by atoms with Crippen molar-refractivity contribution in [3.63, 3.8) is 0 Å². The standard InChI is InChI=1S/C16H25NO2.2C2H6/c1-18-11-5-6-12-19-16(15-9-10-17-13-15)14-7-3-2-4-8-14;2*1-2/h2-4,7-8,15-17H,5-6,9-13H2,1H3;2*1-2H3. The molecule has 23 heavy (non-hydrogen) atoms. The predicted octanol–water partition coefficient (Wildman–Crippen LogP) is 4.83. The van der Waals surface area contributed by atoms with Crippen LogP contribution in [0.1, 0.15) is 58.6 Å². The predicted molar refractivity (Wildman–Crippen MR) is 99.9 cm³/mol. The number of methoxy groups -OCH3 is 1. The first-order chi connectivity index (χ1) is 11.4. The van der Waals surface area contributed by atoms with Crippen LogP contribution in [0.2, 0.25) is 0 Å². The molecule has 1 fully saturated rings. The summed E-state index contributed by atoms with van der Waals surface area (Å²) < 4.78 is 11.2. The highest BCUT2D eigenvalue weighted by atomic mass is 16.5. The van der Waals surface area contributed by atoms with Gasteiger partial charge in [0.25, 0.3) is 0 Å². The highest BCUT2D eigenvalue weighted by Gasteiger charge is 2.26. The second kappa shape index (κ2) is 16.0. The van der Waals surface area contributed by atoms with E-state index >= 15 is 0 Å². The molecular weight excluding hydrogens is 286 g/mol. The molecule has 2 atom stereocenters. The number of rotatable bonds is 8. The molecule has 0 bridgehead atoms. The van der Waals surface area contributed by atoms with Gasteiger partial charge in [0.15, 0.2) is 0 Å². The second-order valence-electron chi connectivity index (χ2n) is 5.15. The van der Waals surface area contributed by atoms with Gasteiger partial charge in [0.05, 0.1) is 6.10 Å². The van der Waals surface area contributed by atoms with Crippen LogP contribution in [-0.4, -0.2) is 33.4 Å². The average Bonchev–Trinajstić information content (AvgIpc) is 3.17. The molecule has 2 rings (SSSR count). The Bertz CT molecular complexity index is 337. The molecule has 1 N–H and O–H groups in total. The largest absolute Gasteiger partial charge is 0.385 e. The average molecular weight is 324 g/mol. The Morgan fingerprint density at radius 1 is 1.04 bits per heavy atom. The zero-order valence-electron chi connectivity index (χ0n) is 15.8. The quantitative estimate of drug-likeness (QED) is 0.695. The van der Waals surface area contributed by atoms with E-state index < -0.39 is 0 Å². The van der Waals surface area contributed by atoms with Gasteiger partial charge < -0.3 is 14.8 Å². The molecule has 0 aromatic heterocycles. The van der Waals surface area contributed by atoms with E-state index in [1.165, 1.54) is 12.0 Å². The van der Waals surface area contributed by atoms with Gasteiger partial charge in [0, 0.05) is 32.8 Å². The molecular formula is C20H37NO2. The molecule has 3 nitrogen and oxygen atoms in total. The topological polar surface area (TPSA) is 30.5 Å². The van der Waals surface area contributed by atoms with E-state index in [0.29, 0.717) is 5.92 Å². The third-order valence-corrected chi connectivity index (χ3v) is 3.69. The first-order valence-electron chi connectivity index (χ1n) is 9.28. The third kappa shape index (κ3) is 9.09. The van der Waals surface area contributed by atoms with Crippen molar-refractivity contribution in [2.24, 2.45) is 5.92 Å². The van der Waals surface area contributed by atoms with E-state index in [0.717, 1.165) is 39.1 Å².